The molecule has 1 saturated heterocycles. The number of nitrogens with one attached hydrogen (secondary N) is 2. The van der Waals surface area contributed by atoms with Crippen LogP contribution in [0.15, 0.2) is 6.20 Å². The van der Waals surface area contributed by atoms with Gasteiger partial charge in [0.1, 0.15) is 11.5 Å². The second kappa shape index (κ2) is 6.47. The first-order valence-electron chi connectivity index (χ1n) is 4.90. The number of alkyl halides is 3. The average molecular weight is 292 g/mol. The van der Waals surface area contributed by atoms with E-state index in [-0.39, 0.29) is 30.7 Å². The molecule has 2 N–H and O–H groups in total. The number of nitrogens with zero attached hydrogens (tertiary/aromatic N) is 1. The van der Waals surface area contributed by atoms with Crippen LogP contribution in [0.25, 0.3) is 0 Å². The van der Waals surface area contributed by atoms with Gasteiger partial charge in [0.05, 0.1) is 6.20 Å². The van der Waals surface area contributed by atoms with E-state index >= 15 is 0 Å². The molecule has 100 valence electrons. The monoisotopic (exact) mass is 291 g/mol. The third-order valence-electron chi connectivity index (χ3n) is 2.63. The number of halogens is 5. The summed E-state index contributed by atoms with van der Waals surface area (Å²) in [6.07, 6.45) is -1.77. The Morgan fingerprint density at radius 2 is 1.76 bits per heavy atom. The molecular formula is C9H14Cl2F3N3. The van der Waals surface area contributed by atoms with E-state index in [9.17, 15) is 13.2 Å². The van der Waals surface area contributed by atoms with Crippen molar-refractivity contribution in [1.82, 2.24) is 15.3 Å². The van der Waals surface area contributed by atoms with Gasteiger partial charge in [-0.1, -0.05) is 0 Å². The molecule has 0 unspecified atom stereocenters. The topological polar surface area (TPSA) is 40.7 Å². The molecule has 0 atom stereocenters. The molecule has 1 aliphatic heterocycles. The van der Waals surface area contributed by atoms with Crippen LogP contribution in [0.5, 0.6) is 0 Å². The van der Waals surface area contributed by atoms with Gasteiger partial charge in [0, 0.05) is 5.92 Å². The van der Waals surface area contributed by atoms with Crippen molar-refractivity contribution in [3.63, 3.8) is 0 Å². The third kappa shape index (κ3) is 4.04. The molecule has 0 bridgehead atoms. The summed E-state index contributed by atoms with van der Waals surface area (Å²) in [6, 6.07) is 0. The second-order valence-corrected chi connectivity index (χ2v) is 3.70. The quantitative estimate of drug-likeness (QED) is 0.835. The van der Waals surface area contributed by atoms with Crippen LogP contribution in [-0.4, -0.2) is 23.1 Å². The summed E-state index contributed by atoms with van der Waals surface area (Å²) in [5, 5.41) is 3.16. The van der Waals surface area contributed by atoms with Crippen LogP contribution >= 0.6 is 24.8 Å². The molecule has 0 saturated carbocycles. The molecule has 3 nitrogen and oxygen atoms in total. The van der Waals surface area contributed by atoms with Crippen molar-refractivity contribution in [1.29, 1.82) is 0 Å². The zero-order valence-corrected chi connectivity index (χ0v) is 10.5. The maximum Gasteiger partial charge on any atom is 0.432 e. The van der Waals surface area contributed by atoms with Gasteiger partial charge in [-0.25, -0.2) is 4.98 Å². The lowest BCUT2D eigenvalue weighted by molar-refractivity contribution is -0.141. The van der Waals surface area contributed by atoms with Gasteiger partial charge in [0.2, 0.25) is 0 Å². The van der Waals surface area contributed by atoms with Crippen molar-refractivity contribution in [2.24, 2.45) is 0 Å². The molecule has 0 amide bonds. The number of piperidine rings is 1. The van der Waals surface area contributed by atoms with Gasteiger partial charge in [-0.2, -0.15) is 13.2 Å². The molecule has 0 spiro atoms. The smallest absolute Gasteiger partial charge is 0.338 e. The highest BCUT2D eigenvalue weighted by Gasteiger charge is 2.33. The summed E-state index contributed by atoms with van der Waals surface area (Å²) < 4.78 is 36.9. The molecule has 0 aromatic carbocycles. The van der Waals surface area contributed by atoms with E-state index in [4.69, 9.17) is 0 Å². The Balaban J connectivity index is 0.00000128. The van der Waals surface area contributed by atoms with E-state index in [1.807, 2.05) is 0 Å². The number of H-pyrrole nitrogens is 1. The van der Waals surface area contributed by atoms with Gasteiger partial charge in [-0.3, -0.25) is 0 Å². The fraction of sp³-hybridized carbons (Fsp3) is 0.667. The first-order valence-corrected chi connectivity index (χ1v) is 4.90. The molecule has 1 aliphatic rings. The van der Waals surface area contributed by atoms with Crippen LogP contribution in [-0.2, 0) is 6.18 Å². The first-order chi connectivity index (χ1) is 7.07. The zero-order chi connectivity index (χ0) is 10.9. The summed E-state index contributed by atoms with van der Waals surface area (Å²) in [7, 11) is 0. The highest BCUT2D eigenvalue weighted by Crippen LogP contribution is 2.30. The van der Waals surface area contributed by atoms with E-state index in [0.717, 1.165) is 32.1 Å². The summed E-state index contributed by atoms with van der Waals surface area (Å²) in [5.74, 6) is 0.589. The lowest BCUT2D eigenvalue weighted by Gasteiger charge is -2.20. The summed E-state index contributed by atoms with van der Waals surface area (Å²) >= 11 is 0. The van der Waals surface area contributed by atoms with E-state index in [0.29, 0.717) is 5.82 Å². The number of aromatic amines is 1. The van der Waals surface area contributed by atoms with E-state index in [1.54, 1.807) is 0 Å². The Hall–Kier alpha value is -0.460. The Labute approximate surface area is 109 Å². The van der Waals surface area contributed by atoms with Gasteiger partial charge in [0.15, 0.2) is 0 Å². The van der Waals surface area contributed by atoms with Crippen molar-refractivity contribution < 1.29 is 13.2 Å². The van der Waals surface area contributed by atoms with Crippen molar-refractivity contribution in [3.05, 3.63) is 17.7 Å². The van der Waals surface area contributed by atoms with E-state index < -0.39 is 11.9 Å². The van der Waals surface area contributed by atoms with Gasteiger partial charge >= 0.3 is 6.18 Å². The second-order valence-electron chi connectivity index (χ2n) is 3.70. The molecule has 1 aromatic heterocycles. The molecular weight excluding hydrogens is 278 g/mol. The maximum absolute atomic E-state index is 12.3. The Morgan fingerprint density at radius 1 is 1.18 bits per heavy atom. The fourth-order valence-electron chi connectivity index (χ4n) is 1.78. The molecule has 1 fully saturated rings. The minimum absolute atomic E-state index is 0. The summed E-state index contributed by atoms with van der Waals surface area (Å²) in [5.41, 5.74) is -0.754. The predicted molar refractivity (Wildman–Crippen MR) is 62.9 cm³/mol. The predicted octanol–water partition coefficient (Wildman–Crippen LogP) is 2.74. The molecule has 0 radical (unpaired) electrons. The Bertz CT molecular complexity index is 334. The molecule has 8 heteroatoms. The van der Waals surface area contributed by atoms with Crippen LogP contribution in [0.3, 0.4) is 0 Å². The molecule has 2 heterocycles. The van der Waals surface area contributed by atoms with Gasteiger partial charge in [-0.15, -0.1) is 24.8 Å². The van der Waals surface area contributed by atoms with Gasteiger partial charge < -0.3 is 10.3 Å². The van der Waals surface area contributed by atoms with Crippen molar-refractivity contribution in [2.75, 3.05) is 13.1 Å². The van der Waals surface area contributed by atoms with E-state index in [1.165, 1.54) is 0 Å². The molecule has 17 heavy (non-hydrogen) atoms. The minimum atomic E-state index is -4.32. The number of hydrogen-bond donors (Lipinski definition) is 2. The Morgan fingerprint density at radius 3 is 2.24 bits per heavy atom. The number of aromatic nitrogens is 2. The largest absolute Gasteiger partial charge is 0.432 e. The van der Waals surface area contributed by atoms with Crippen molar-refractivity contribution >= 4 is 24.8 Å². The maximum atomic E-state index is 12.3. The number of hydrogen-bond acceptors (Lipinski definition) is 2. The van der Waals surface area contributed by atoms with Crippen LogP contribution in [0.2, 0.25) is 0 Å². The van der Waals surface area contributed by atoms with Crippen LogP contribution < -0.4 is 5.32 Å². The highest BCUT2D eigenvalue weighted by atomic mass is 35.5. The van der Waals surface area contributed by atoms with E-state index in [2.05, 4.69) is 15.3 Å². The van der Waals surface area contributed by atoms with Crippen molar-refractivity contribution in [3.8, 4) is 0 Å². The van der Waals surface area contributed by atoms with Crippen LogP contribution in [0.4, 0.5) is 13.2 Å². The van der Waals surface area contributed by atoms with Crippen LogP contribution in [0, 0.1) is 0 Å². The zero-order valence-electron chi connectivity index (χ0n) is 8.88. The third-order valence-corrected chi connectivity index (χ3v) is 2.63. The SMILES string of the molecule is Cl.Cl.FC(F)(F)c1cnc(C2CCNCC2)[nH]1. The highest BCUT2D eigenvalue weighted by molar-refractivity contribution is 5.85. The fourth-order valence-corrected chi connectivity index (χ4v) is 1.78. The normalized spacial score (nSPS) is 17.1. The first kappa shape index (κ1) is 16.5. The number of imidazole rings is 1. The average Bonchev–Trinajstić information content (AvgIpc) is 2.67. The number of rotatable bonds is 1. The van der Waals surface area contributed by atoms with Crippen molar-refractivity contribution in [2.45, 2.75) is 24.9 Å². The summed E-state index contributed by atoms with van der Waals surface area (Å²) in [4.78, 5) is 6.16. The molecule has 0 aliphatic carbocycles. The Kier molecular flexibility index (Phi) is 6.29. The van der Waals surface area contributed by atoms with Crippen LogP contribution in [0.1, 0.15) is 30.3 Å². The lowest BCUT2D eigenvalue weighted by Crippen LogP contribution is -2.27. The van der Waals surface area contributed by atoms with Gasteiger partial charge in [-0.05, 0) is 25.9 Å². The lowest BCUT2D eigenvalue weighted by atomic mass is 9.98. The minimum Gasteiger partial charge on any atom is -0.338 e. The molecule has 2 rings (SSSR count). The molecule has 1 aromatic rings. The summed E-state index contributed by atoms with van der Waals surface area (Å²) in [6.45, 7) is 1.68. The van der Waals surface area contributed by atoms with Gasteiger partial charge in [0.25, 0.3) is 0 Å². The standard InChI is InChI=1S/C9H12F3N3.2ClH/c10-9(11,12)7-5-14-8(15-7)6-1-3-13-4-2-6;;/h5-6,13H,1-4H2,(H,14,15);2*1H.